The Hall–Kier alpha value is -2.46. The molecule has 0 radical (unpaired) electrons. The quantitative estimate of drug-likeness (QED) is 0.796. The van der Waals surface area contributed by atoms with Crippen LogP contribution in [0.1, 0.15) is 12.6 Å². The Morgan fingerprint density at radius 1 is 1.19 bits per heavy atom. The number of halogens is 1. The van der Waals surface area contributed by atoms with Gasteiger partial charge in [-0.15, -0.1) is 0 Å². The lowest BCUT2D eigenvalue weighted by Crippen LogP contribution is -2.21. The highest BCUT2D eigenvalue weighted by molar-refractivity contribution is 6.33. The van der Waals surface area contributed by atoms with Crippen LogP contribution in [0.3, 0.4) is 0 Å². The van der Waals surface area contributed by atoms with Crippen molar-refractivity contribution in [1.82, 2.24) is 4.98 Å². The minimum atomic E-state index is -0.180. The van der Waals surface area contributed by atoms with Gasteiger partial charge < -0.3 is 0 Å². The van der Waals surface area contributed by atoms with Gasteiger partial charge in [0.2, 0.25) is 0 Å². The number of anilines is 1. The topological polar surface area (TPSA) is 45.6 Å². The summed E-state index contributed by atoms with van der Waals surface area (Å²) >= 11 is 5.96. The molecule has 21 heavy (non-hydrogen) atoms. The van der Waals surface area contributed by atoms with E-state index in [1.54, 1.807) is 43.5 Å². The summed E-state index contributed by atoms with van der Waals surface area (Å²) in [4.78, 5) is 16.7. The van der Waals surface area contributed by atoms with E-state index in [4.69, 9.17) is 11.6 Å². The van der Waals surface area contributed by atoms with E-state index in [1.165, 1.54) is 5.01 Å². The molecule has 0 aliphatic carbocycles. The minimum Gasteiger partial charge on any atom is -0.267 e. The van der Waals surface area contributed by atoms with Crippen LogP contribution >= 0.6 is 11.6 Å². The molecular formula is C16H12ClN3O. The molecule has 0 fully saturated rings. The van der Waals surface area contributed by atoms with Crippen molar-refractivity contribution in [2.75, 3.05) is 5.01 Å². The Labute approximate surface area is 127 Å². The Morgan fingerprint density at radius 3 is 2.76 bits per heavy atom. The van der Waals surface area contributed by atoms with Gasteiger partial charge in [0.15, 0.2) is 0 Å². The fourth-order valence-corrected chi connectivity index (χ4v) is 2.26. The first-order chi connectivity index (χ1) is 10.1. The summed E-state index contributed by atoms with van der Waals surface area (Å²) < 4.78 is 0. The third-order valence-electron chi connectivity index (χ3n) is 3.10. The molecule has 3 rings (SSSR count). The van der Waals surface area contributed by atoms with E-state index in [-0.39, 0.29) is 5.91 Å². The van der Waals surface area contributed by atoms with Crippen molar-refractivity contribution < 1.29 is 4.79 Å². The van der Waals surface area contributed by atoms with Gasteiger partial charge in [-0.2, -0.15) is 10.1 Å². The predicted octanol–water partition coefficient (Wildman–Crippen LogP) is 3.54. The summed E-state index contributed by atoms with van der Waals surface area (Å²) in [5.41, 5.74) is 2.57. The maximum atomic E-state index is 12.5. The van der Waals surface area contributed by atoms with Gasteiger partial charge in [-0.1, -0.05) is 23.7 Å². The van der Waals surface area contributed by atoms with Crippen molar-refractivity contribution in [3.05, 3.63) is 65.0 Å². The number of carbonyl (C=O) groups excluding carboxylic acids is 1. The molecule has 1 aliphatic rings. The van der Waals surface area contributed by atoms with Crippen molar-refractivity contribution in [2.24, 2.45) is 5.10 Å². The smallest absolute Gasteiger partial charge is 0.267 e. The van der Waals surface area contributed by atoms with Crippen LogP contribution in [0.25, 0.3) is 6.08 Å². The van der Waals surface area contributed by atoms with Crippen molar-refractivity contribution in [3.8, 4) is 0 Å². The van der Waals surface area contributed by atoms with E-state index in [1.807, 2.05) is 18.2 Å². The molecule has 1 aromatic carbocycles. The van der Waals surface area contributed by atoms with Crippen LogP contribution in [0.2, 0.25) is 5.02 Å². The van der Waals surface area contributed by atoms with Crippen LogP contribution in [0.4, 0.5) is 5.69 Å². The van der Waals surface area contributed by atoms with Gasteiger partial charge in [0.1, 0.15) is 0 Å². The lowest BCUT2D eigenvalue weighted by molar-refractivity contribution is -0.114. The summed E-state index contributed by atoms with van der Waals surface area (Å²) in [7, 11) is 0. The molecule has 2 heterocycles. The molecule has 0 atom stereocenters. The zero-order valence-electron chi connectivity index (χ0n) is 11.3. The molecule has 1 aliphatic heterocycles. The van der Waals surface area contributed by atoms with Gasteiger partial charge in [-0.25, -0.2) is 0 Å². The van der Waals surface area contributed by atoms with Crippen LogP contribution < -0.4 is 5.01 Å². The van der Waals surface area contributed by atoms with Gasteiger partial charge >= 0.3 is 0 Å². The number of aromatic nitrogens is 1. The molecule has 0 spiro atoms. The molecule has 0 N–H and O–H groups in total. The molecular weight excluding hydrogens is 286 g/mol. The zero-order valence-corrected chi connectivity index (χ0v) is 12.1. The summed E-state index contributed by atoms with van der Waals surface area (Å²) in [6.45, 7) is 1.80. The zero-order chi connectivity index (χ0) is 14.8. The van der Waals surface area contributed by atoms with Crippen molar-refractivity contribution in [1.29, 1.82) is 0 Å². The highest BCUT2D eigenvalue weighted by Gasteiger charge is 2.28. The SMILES string of the molecule is CC1=NN(c2cccc(Cl)c2)C(=O)/C1=C\c1ccccn1. The number of hydrogen-bond acceptors (Lipinski definition) is 3. The molecule has 5 heteroatoms. The second-order valence-corrected chi connectivity index (χ2v) is 5.03. The van der Waals surface area contributed by atoms with Crippen LogP contribution in [0.15, 0.2) is 59.3 Å². The number of amides is 1. The van der Waals surface area contributed by atoms with Crippen molar-refractivity contribution >= 4 is 35.0 Å². The summed E-state index contributed by atoms with van der Waals surface area (Å²) in [6, 6.07) is 12.6. The van der Waals surface area contributed by atoms with Gasteiger partial charge in [0, 0.05) is 11.2 Å². The summed E-state index contributed by atoms with van der Waals surface area (Å²) in [5, 5.41) is 6.23. The molecule has 0 saturated heterocycles. The molecule has 0 unspecified atom stereocenters. The van der Waals surface area contributed by atoms with Gasteiger partial charge in [-0.3, -0.25) is 9.78 Å². The van der Waals surface area contributed by atoms with Crippen LogP contribution in [-0.2, 0) is 4.79 Å². The third kappa shape index (κ3) is 2.71. The molecule has 104 valence electrons. The van der Waals surface area contributed by atoms with Crippen LogP contribution in [0, 0.1) is 0 Å². The molecule has 0 bridgehead atoms. The maximum absolute atomic E-state index is 12.5. The van der Waals surface area contributed by atoms with E-state index < -0.39 is 0 Å². The number of nitrogens with zero attached hydrogens (tertiary/aromatic N) is 3. The maximum Gasteiger partial charge on any atom is 0.280 e. The molecule has 4 nitrogen and oxygen atoms in total. The lowest BCUT2D eigenvalue weighted by Gasteiger charge is -2.11. The lowest BCUT2D eigenvalue weighted by atomic mass is 10.1. The van der Waals surface area contributed by atoms with E-state index >= 15 is 0 Å². The monoisotopic (exact) mass is 297 g/mol. The minimum absolute atomic E-state index is 0.180. The third-order valence-corrected chi connectivity index (χ3v) is 3.33. The number of pyridine rings is 1. The number of hydrazone groups is 1. The van der Waals surface area contributed by atoms with E-state index in [0.29, 0.717) is 22.0 Å². The van der Waals surface area contributed by atoms with Crippen LogP contribution in [-0.4, -0.2) is 16.6 Å². The highest BCUT2D eigenvalue weighted by atomic mass is 35.5. The Morgan fingerprint density at radius 2 is 2.05 bits per heavy atom. The molecule has 1 aromatic heterocycles. The average molecular weight is 298 g/mol. The first-order valence-corrected chi connectivity index (χ1v) is 6.81. The highest BCUT2D eigenvalue weighted by Crippen LogP contribution is 2.26. The van der Waals surface area contributed by atoms with Gasteiger partial charge in [0.25, 0.3) is 5.91 Å². The number of rotatable bonds is 2. The molecule has 0 saturated carbocycles. The molecule has 1 amide bonds. The Bertz CT molecular complexity index is 753. The van der Waals surface area contributed by atoms with Crippen LogP contribution in [0.5, 0.6) is 0 Å². The fraction of sp³-hybridized carbons (Fsp3) is 0.0625. The van der Waals surface area contributed by atoms with Crippen molar-refractivity contribution in [2.45, 2.75) is 6.92 Å². The number of carbonyl (C=O) groups is 1. The largest absolute Gasteiger partial charge is 0.280 e. The second-order valence-electron chi connectivity index (χ2n) is 4.59. The first-order valence-electron chi connectivity index (χ1n) is 6.43. The normalized spacial score (nSPS) is 16.5. The number of benzene rings is 1. The van der Waals surface area contributed by atoms with Crippen molar-refractivity contribution in [3.63, 3.8) is 0 Å². The fourth-order valence-electron chi connectivity index (χ4n) is 2.08. The molecule has 2 aromatic rings. The second kappa shape index (κ2) is 5.50. The van der Waals surface area contributed by atoms with E-state index in [9.17, 15) is 4.79 Å². The number of hydrogen-bond donors (Lipinski definition) is 0. The van der Waals surface area contributed by atoms with E-state index in [0.717, 1.165) is 5.69 Å². The summed E-state index contributed by atoms with van der Waals surface area (Å²) in [6.07, 6.45) is 3.43. The predicted molar refractivity (Wildman–Crippen MR) is 84.3 cm³/mol. The average Bonchev–Trinajstić information content (AvgIpc) is 2.76. The first kappa shape index (κ1) is 13.5. The Balaban J connectivity index is 1.96. The standard InChI is InChI=1S/C16H12ClN3O/c1-11-15(10-13-6-2-3-8-18-13)16(21)20(19-11)14-7-4-5-12(17)9-14/h2-10H,1H3/b15-10-. The van der Waals surface area contributed by atoms with Gasteiger partial charge in [-0.05, 0) is 43.3 Å². The van der Waals surface area contributed by atoms with E-state index in [2.05, 4.69) is 10.1 Å². The van der Waals surface area contributed by atoms with Gasteiger partial charge in [0.05, 0.1) is 22.7 Å². The Kier molecular flexibility index (Phi) is 3.54. The summed E-state index contributed by atoms with van der Waals surface area (Å²) in [5.74, 6) is -0.180.